The van der Waals surface area contributed by atoms with Crippen LogP contribution < -0.4 is 39.3 Å². The molecule has 0 spiro atoms. The second kappa shape index (κ2) is 16.1. The molecule has 14 nitrogen and oxygen atoms in total. The van der Waals surface area contributed by atoms with Crippen LogP contribution >= 0.6 is 0 Å². The number of hydrogen-bond donors (Lipinski definition) is 0. The predicted molar refractivity (Wildman–Crippen MR) is 160 cm³/mol. The molecule has 48 heavy (non-hydrogen) atoms. The standard InChI is InChI=1S/2C16H11N3O4.Cr.Li/c2*20-14-8-5-10-3-1-2-4-12(10)16(14)18-17-13-7-6-11(19(22)23)9-15(13)21;;/h2*1-9,20-21H;;/q;;+3;+1/p-4. The molecule has 6 rings (SSSR count). The van der Waals surface area contributed by atoms with Crippen molar-refractivity contribution in [1.29, 1.82) is 0 Å². The van der Waals surface area contributed by atoms with Crippen molar-refractivity contribution < 1.29 is 66.5 Å². The summed E-state index contributed by atoms with van der Waals surface area (Å²) in [5.74, 6) is -1.89. The van der Waals surface area contributed by atoms with Crippen LogP contribution in [0.25, 0.3) is 21.5 Å². The Hall–Kier alpha value is -5.83. The van der Waals surface area contributed by atoms with E-state index in [4.69, 9.17) is 0 Å². The van der Waals surface area contributed by atoms with E-state index in [1.807, 2.05) is 24.3 Å². The van der Waals surface area contributed by atoms with Gasteiger partial charge in [-0.2, -0.15) is 20.5 Å². The Labute approximate surface area is 294 Å². The van der Waals surface area contributed by atoms with Gasteiger partial charge in [0.25, 0.3) is 11.4 Å². The second-order valence-electron chi connectivity index (χ2n) is 9.49. The molecule has 0 aliphatic rings. The maximum Gasteiger partial charge on any atom is 3.00 e. The fourth-order valence-electron chi connectivity index (χ4n) is 4.28. The van der Waals surface area contributed by atoms with Crippen LogP contribution in [0.15, 0.2) is 130 Å². The Bertz CT molecular complexity index is 2040. The molecule has 0 heterocycles. The SMILES string of the molecule is O=[N+]([O-])c1ccc(N=Nc2c([O-])ccc3ccccc23)c([O-])c1.O=[N+]([O-])c1ccc(N=Nc2c([O-])ccc3ccccc23)c([O-])c1.[Cr+3].[Li+]. The first-order valence-corrected chi connectivity index (χ1v) is 13.2. The predicted octanol–water partition coefficient (Wildman–Crippen LogP) is 3.62. The zero-order valence-electron chi connectivity index (χ0n) is 24.7. The van der Waals surface area contributed by atoms with Gasteiger partial charge in [-0.1, -0.05) is 95.8 Å². The van der Waals surface area contributed by atoms with Crippen molar-refractivity contribution in [3.05, 3.63) is 129 Å². The molecule has 0 aliphatic carbocycles. The number of benzene rings is 6. The molecule has 0 unspecified atom stereocenters. The number of nitro groups is 2. The Morgan fingerprint density at radius 2 is 0.833 bits per heavy atom. The molecule has 0 amide bonds. The third-order valence-corrected chi connectivity index (χ3v) is 6.55. The molecule has 0 aromatic heterocycles. The van der Waals surface area contributed by atoms with E-state index in [9.17, 15) is 40.7 Å². The zero-order valence-corrected chi connectivity index (χ0v) is 26.0. The fourth-order valence-corrected chi connectivity index (χ4v) is 4.28. The summed E-state index contributed by atoms with van der Waals surface area (Å²) in [5.41, 5.74) is -0.514. The van der Waals surface area contributed by atoms with E-state index in [2.05, 4.69) is 20.5 Å². The maximum absolute atomic E-state index is 12.0. The fraction of sp³-hybridized carbons (Fsp3) is 0. The summed E-state index contributed by atoms with van der Waals surface area (Å²) in [5, 5.41) is 86.9. The van der Waals surface area contributed by atoms with Crippen molar-refractivity contribution in [3.8, 4) is 23.0 Å². The third-order valence-electron chi connectivity index (χ3n) is 6.55. The summed E-state index contributed by atoms with van der Waals surface area (Å²) >= 11 is 0. The van der Waals surface area contributed by atoms with Gasteiger partial charge in [-0.25, -0.2) is 0 Å². The van der Waals surface area contributed by atoms with Crippen molar-refractivity contribution >= 4 is 55.7 Å². The topological polar surface area (TPSA) is 228 Å². The van der Waals surface area contributed by atoms with Gasteiger partial charge in [0.15, 0.2) is 0 Å². The molecule has 0 N–H and O–H groups in total. The van der Waals surface area contributed by atoms with E-state index < -0.39 is 21.3 Å². The normalized spacial score (nSPS) is 10.7. The Kier molecular flexibility index (Phi) is 12.3. The summed E-state index contributed by atoms with van der Waals surface area (Å²) in [4.78, 5) is 19.9. The van der Waals surface area contributed by atoms with Gasteiger partial charge >= 0.3 is 36.2 Å². The number of hydrogen-bond acceptors (Lipinski definition) is 12. The molecular formula is C32H18CrLiN6O8. The van der Waals surface area contributed by atoms with E-state index in [1.54, 1.807) is 36.4 Å². The molecule has 0 bridgehead atoms. The maximum atomic E-state index is 12.0. The minimum atomic E-state index is -0.664. The molecule has 6 aromatic carbocycles. The van der Waals surface area contributed by atoms with E-state index in [0.717, 1.165) is 35.0 Å². The molecule has 0 aliphatic heterocycles. The van der Waals surface area contributed by atoms with Crippen molar-refractivity contribution in [2.75, 3.05) is 0 Å². The molecule has 1 radical (unpaired) electrons. The van der Waals surface area contributed by atoms with Gasteiger partial charge in [-0.05, 0) is 22.9 Å². The van der Waals surface area contributed by atoms with E-state index in [0.29, 0.717) is 10.8 Å². The molecule has 231 valence electrons. The van der Waals surface area contributed by atoms with Crippen LogP contribution in [0.3, 0.4) is 0 Å². The summed E-state index contributed by atoms with van der Waals surface area (Å²) in [7, 11) is 0. The van der Waals surface area contributed by atoms with Crippen LogP contribution in [-0.2, 0) is 17.4 Å². The number of nitro benzene ring substituents is 2. The van der Waals surface area contributed by atoms with Crippen molar-refractivity contribution in [3.63, 3.8) is 0 Å². The first-order chi connectivity index (χ1) is 22.1. The van der Waals surface area contributed by atoms with Crippen molar-refractivity contribution in [2.45, 2.75) is 0 Å². The van der Waals surface area contributed by atoms with Gasteiger partial charge in [0.2, 0.25) is 0 Å². The number of fused-ring (bicyclic) bond motifs is 2. The molecule has 16 heteroatoms. The summed E-state index contributed by atoms with van der Waals surface area (Å²) < 4.78 is 0. The Balaban J connectivity index is 0.000000250. The van der Waals surface area contributed by atoms with Crippen LogP contribution in [0.1, 0.15) is 0 Å². The summed E-state index contributed by atoms with van der Waals surface area (Å²) in [6.45, 7) is 0. The number of nitrogens with zero attached hydrogens (tertiary/aromatic N) is 6. The average Bonchev–Trinajstić information content (AvgIpc) is 3.05. The van der Waals surface area contributed by atoms with E-state index >= 15 is 0 Å². The Morgan fingerprint density at radius 1 is 0.458 bits per heavy atom. The number of rotatable bonds is 6. The minimum absolute atomic E-state index is 0. The average molecular weight is 673 g/mol. The number of azo groups is 2. The third kappa shape index (κ3) is 8.30. The van der Waals surface area contributed by atoms with Crippen LogP contribution in [0.2, 0.25) is 0 Å². The first kappa shape index (κ1) is 36.6. The van der Waals surface area contributed by atoms with Crippen LogP contribution in [0.4, 0.5) is 34.1 Å². The molecule has 0 atom stereocenters. The van der Waals surface area contributed by atoms with Gasteiger partial charge in [0.05, 0.1) is 32.6 Å². The van der Waals surface area contributed by atoms with E-state index in [1.165, 1.54) is 24.3 Å². The smallest absolute Gasteiger partial charge is 0.871 e. The second-order valence-corrected chi connectivity index (χ2v) is 9.49. The van der Waals surface area contributed by atoms with Crippen LogP contribution in [0.5, 0.6) is 23.0 Å². The number of non-ortho nitro benzene ring substituents is 2. The van der Waals surface area contributed by atoms with Crippen molar-refractivity contribution in [1.82, 2.24) is 0 Å². The quantitative estimate of drug-likeness (QED) is 0.109. The molecule has 0 saturated carbocycles. The summed E-state index contributed by atoms with van der Waals surface area (Å²) in [6, 6.07) is 26.9. The van der Waals surface area contributed by atoms with Gasteiger partial charge in [-0.3, -0.25) is 20.2 Å². The molecular weight excluding hydrogens is 655 g/mol. The van der Waals surface area contributed by atoms with Crippen LogP contribution in [-0.4, -0.2) is 9.85 Å². The minimum Gasteiger partial charge on any atom is -0.871 e. The van der Waals surface area contributed by atoms with Crippen molar-refractivity contribution in [2.24, 2.45) is 20.5 Å². The Morgan fingerprint density at radius 3 is 1.19 bits per heavy atom. The first-order valence-electron chi connectivity index (χ1n) is 13.2. The molecule has 0 fully saturated rings. The molecule has 6 aromatic rings. The largest absolute Gasteiger partial charge is 3.00 e. The van der Waals surface area contributed by atoms with Gasteiger partial charge < -0.3 is 20.4 Å². The summed E-state index contributed by atoms with van der Waals surface area (Å²) in [6.07, 6.45) is 0. The monoisotopic (exact) mass is 673 g/mol. The van der Waals surface area contributed by atoms with Crippen LogP contribution in [0, 0.1) is 20.2 Å². The van der Waals surface area contributed by atoms with Gasteiger partial charge in [0, 0.05) is 35.0 Å². The molecule has 0 saturated heterocycles. The zero-order chi connectivity index (χ0) is 32.8. The van der Waals surface area contributed by atoms with Gasteiger partial charge in [-0.15, -0.1) is 0 Å². The van der Waals surface area contributed by atoms with Gasteiger partial charge in [0.1, 0.15) is 0 Å². The van der Waals surface area contributed by atoms with E-state index in [-0.39, 0.29) is 81.8 Å².